The summed E-state index contributed by atoms with van der Waals surface area (Å²) < 4.78 is 7.31. The van der Waals surface area contributed by atoms with Gasteiger partial charge in [-0.3, -0.25) is 9.69 Å². The molecular formula is C21H21N5O2S2. The summed E-state index contributed by atoms with van der Waals surface area (Å²) in [5.74, 6) is 1.93. The average Bonchev–Trinajstić information content (AvgIpc) is 3.48. The van der Waals surface area contributed by atoms with Gasteiger partial charge in [0, 0.05) is 25.1 Å². The number of aryl methyl sites for hydroxylation is 1. The number of anilines is 2. The standard InChI is InChI=1S/C21H21N5O2S2/c1-4-15-8-5-6-9-17(15)26(14(2)27)20-22-16(12-29-20)13-30-21-24-23-19(25(21)3)18-10-7-11-28-18/h5-12H,4,13H2,1-3H3. The predicted octanol–water partition coefficient (Wildman–Crippen LogP) is 5.07. The predicted molar refractivity (Wildman–Crippen MR) is 119 cm³/mol. The highest BCUT2D eigenvalue weighted by molar-refractivity contribution is 7.98. The Kier molecular flexibility index (Phi) is 6.01. The van der Waals surface area contributed by atoms with E-state index in [-0.39, 0.29) is 5.91 Å². The van der Waals surface area contributed by atoms with Crippen molar-refractivity contribution >= 4 is 39.8 Å². The molecule has 0 fully saturated rings. The van der Waals surface area contributed by atoms with Crippen LogP contribution in [0.25, 0.3) is 11.6 Å². The van der Waals surface area contributed by atoms with E-state index < -0.39 is 0 Å². The smallest absolute Gasteiger partial charge is 0.230 e. The van der Waals surface area contributed by atoms with Crippen LogP contribution in [0, 0.1) is 0 Å². The van der Waals surface area contributed by atoms with Crippen molar-refractivity contribution in [2.24, 2.45) is 7.05 Å². The van der Waals surface area contributed by atoms with Crippen LogP contribution in [0.4, 0.5) is 10.8 Å². The zero-order chi connectivity index (χ0) is 21.1. The third-order valence-electron chi connectivity index (χ3n) is 4.58. The molecule has 7 nitrogen and oxygen atoms in total. The number of benzene rings is 1. The molecule has 0 atom stereocenters. The molecule has 154 valence electrons. The maximum absolute atomic E-state index is 12.4. The van der Waals surface area contributed by atoms with Gasteiger partial charge in [0.1, 0.15) is 0 Å². The first-order chi connectivity index (χ1) is 14.6. The zero-order valence-electron chi connectivity index (χ0n) is 16.9. The van der Waals surface area contributed by atoms with E-state index in [1.54, 1.807) is 29.8 Å². The fourth-order valence-corrected chi connectivity index (χ4v) is 4.89. The zero-order valence-corrected chi connectivity index (χ0v) is 18.5. The van der Waals surface area contributed by atoms with Crippen LogP contribution < -0.4 is 4.90 Å². The van der Waals surface area contributed by atoms with Crippen molar-refractivity contribution in [3.63, 3.8) is 0 Å². The fourth-order valence-electron chi connectivity index (χ4n) is 3.10. The quantitative estimate of drug-likeness (QED) is 0.374. The van der Waals surface area contributed by atoms with E-state index in [0.29, 0.717) is 22.5 Å². The summed E-state index contributed by atoms with van der Waals surface area (Å²) in [4.78, 5) is 18.8. The molecule has 0 radical (unpaired) electrons. The molecule has 0 unspecified atom stereocenters. The Morgan fingerprint density at radius 1 is 1.23 bits per heavy atom. The van der Waals surface area contributed by atoms with Crippen molar-refractivity contribution in [2.45, 2.75) is 31.2 Å². The van der Waals surface area contributed by atoms with Crippen molar-refractivity contribution in [3.8, 4) is 11.6 Å². The number of carbonyl (C=O) groups is 1. The summed E-state index contributed by atoms with van der Waals surface area (Å²) in [5, 5.41) is 11.9. The van der Waals surface area contributed by atoms with Gasteiger partial charge in [-0.15, -0.1) is 21.5 Å². The van der Waals surface area contributed by atoms with Gasteiger partial charge in [-0.05, 0) is 30.2 Å². The molecule has 0 aliphatic rings. The highest BCUT2D eigenvalue weighted by Gasteiger charge is 2.20. The van der Waals surface area contributed by atoms with Crippen LogP contribution in [-0.2, 0) is 24.0 Å². The van der Waals surface area contributed by atoms with E-state index in [9.17, 15) is 4.79 Å². The highest BCUT2D eigenvalue weighted by Crippen LogP contribution is 2.33. The molecule has 0 aliphatic carbocycles. The number of hydrogen-bond acceptors (Lipinski definition) is 7. The number of amides is 1. The molecule has 1 amide bonds. The maximum Gasteiger partial charge on any atom is 0.230 e. The molecule has 9 heteroatoms. The van der Waals surface area contributed by atoms with Crippen LogP contribution in [0.3, 0.4) is 0 Å². The first-order valence-corrected chi connectivity index (χ1v) is 11.3. The minimum absolute atomic E-state index is 0.0548. The number of hydrogen-bond donors (Lipinski definition) is 0. The van der Waals surface area contributed by atoms with Crippen molar-refractivity contribution in [1.82, 2.24) is 19.7 Å². The van der Waals surface area contributed by atoms with E-state index >= 15 is 0 Å². The molecule has 3 heterocycles. The lowest BCUT2D eigenvalue weighted by Gasteiger charge is -2.20. The monoisotopic (exact) mass is 439 g/mol. The maximum atomic E-state index is 12.4. The second-order valence-electron chi connectivity index (χ2n) is 6.59. The number of thiazole rings is 1. The van der Waals surface area contributed by atoms with Gasteiger partial charge in [0.25, 0.3) is 0 Å². The van der Waals surface area contributed by atoms with E-state index in [0.717, 1.165) is 28.5 Å². The van der Waals surface area contributed by atoms with Crippen molar-refractivity contribution in [2.75, 3.05) is 4.90 Å². The average molecular weight is 440 g/mol. The Morgan fingerprint density at radius 3 is 2.80 bits per heavy atom. The lowest BCUT2D eigenvalue weighted by Crippen LogP contribution is -2.23. The van der Waals surface area contributed by atoms with Gasteiger partial charge >= 0.3 is 0 Å². The largest absolute Gasteiger partial charge is 0.461 e. The summed E-state index contributed by atoms with van der Waals surface area (Å²) in [6.07, 6.45) is 2.46. The number of aromatic nitrogens is 4. The lowest BCUT2D eigenvalue weighted by molar-refractivity contribution is -0.115. The topological polar surface area (TPSA) is 77.1 Å². The fraction of sp³-hybridized carbons (Fsp3) is 0.238. The Balaban J connectivity index is 1.52. The Bertz CT molecular complexity index is 1150. The molecule has 3 aromatic heterocycles. The van der Waals surface area contributed by atoms with Crippen LogP contribution in [0.15, 0.2) is 57.6 Å². The van der Waals surface area contributed by atoms with Gasteiger partial charge in [-0.1, -0.05) is 36.9 Å². The number of furan rings is 1. The summed E-state index contributed by atoms with van der Waals surface area (Å²) in [6.45, 7) is 3.65. The van der Waals surface area contributed by atoms with Crippen LogP contribution in [0.5, 0.6) is 0 Å². The minimum atomic E-state index is -0.0548. The molecule has 30 heavy (non-hydrogen) atoms. The highest BCUT2D eigenvalue weighted by atomic mass is 32.2. The van der Waals surface area contributed by atoms with Crippen molar-refractivity contribution in [3.05, 3.63) is 59.3 Å². The molecule has 0 aliphatic heterocycles. The van der Waals surface area contributed by atoms with Crippen LogP contribution in [0.2, 0.25) is 0 Å². The van der Waals surface area contributed by atoms with Gasteiger partial charge in [0.05, 0.1) is 17.6 Å². The second-order valence-corrected chi connectivity index (χ2v) is 8.37. The van der Waals surface area contributed by atoms with Crippen LogP contribution in [-0.4, -0.2) is 25.7 Å². The summed E-state index contributed by atoms with van der Waals surface area (Å²) in [6, 6.07) is 11.6. The normalized spacial score (nSPS) is 11.0. The molecule has 0 saturated heterocycles. The van der Waals surface area contributed by atoms with Crippen molar-refractivity contribution < 1.29 is 9.21 Å². The number of nitrogens with zero attached hydrogens (tertiary/aromatic N) is 5. The summed E-state index contributed by atoms with van der Waals surface area (Å²) in [7, 11) is 1.91. The molecule has 0 saturated carbocycles. The van der Waals surface area contributed by atoms with E-state index in [1.807, 2.05) is 53.4 Å². The Morgan fingerprint density at radius 2 is 2.07 bits per heavy atom. The molecule has 0 spiro atoms. The SMILES string of the molecule is CCc1ccccc1N(C(C)=O)c1nc(CSc2nnc(-c3ccco3)n2C)cs1. The molecule has 0 bridgehead atoms. The molecule has 1 aromatic carbocycles. The number of para-hydroxylation sites is 1. The van der Waals surface area contributed by atoms with Gasteiger partial charge in [0.2, 0.25) is 5.91 Å². The van der Waals surface area contributed by atoms with Gasteiger partial charge in [0.15, 0.2) is 21.9 Å². The minimum Gasteiger partial charge on any atom is -0.461 e. The Labute approximate surface area is 182 Å². The third kappa shape index (κ3) is 4.03. The van der Waals surface area contributed by atoms with E-state index in [4.69, 9.17) is 9.40 Å². The lowest BCUT2D eigenvalue weighted by atomic mass is 10.1. The van der Waals surface area contributed by atoms with Gasteiger partial charge < -0.3 is 8.98 Å². The van der Waals surface area contributed by atoms with E-state index in [1.165, 1.54) is 11.3 Å². The van der Waals surface area contributed by atoms with Crippen molar-refractivity contribution in [1.29, 1.82) is 0 Å². The van der Waals surface area contributed by atoms with Gasteiger partial charge in [-0.2, -0.15) is 0 Å². The molecule has 4 aromatic rings. The molecular weight excluding hydrogens is 418 g/mol. The molecule has 0 N–H and O–H groups in total. The summed E-state index contributed by atoms with van der Waals surface area (Å²) >= 11 is 3.01. The van der Waals surface area contributed by atoms with E-state index in [2.05, 4.69) is 17.1 Å². The third-order valence-corrected chi connectivity index (χ3v) is 6.51. The number of thioether (sulfide) groups is 1. The summed E-state index contributed by atoms with van der Waals surface area (Å²) in [5.41, 5.74) is 2.89. The van der Waals surface area contributed by atoms with Crippen LogP contribution >= 0.6 is 23.1 Å². The number of carbonyl (C=O) groups excluding carboxylic acids is 1. The second kappa shape index (κ2) is 8.85. The van der Waals surface area contributed by atoms with Crippen LogP contribution in [0.1, 0.15) is 25.1 Å². The molecule has 4 rings (SSSR count). The number of rotatable bonds is 7. The first kappa shape index (κ1) is 20.4. The van der Waals surface area contributed by atoms with Gasteiger partial charge in [-0.25, -0.2) is 4.98 Å². The first-order valence-electron chi connectivity index (χ1n) is 9.47. The Hall–Kier alpha value is -2.91.